The van der Waals surface area contributed by atoms with Gasteiger partial charge in [-0.2, -0.15) is 5.10 Å². The molecule has 1 heterocycles. The first-order valence-corrected chi connectivity index (χ1v) is 11.7. The van der Waals surface area contributed by atoms with E-state index in [4.69, 9.17) is 9.57 Å². The van der Waals surface area contributed by atoms with E-state index in [9.17, 15) is 14.7 Å². The second-order valence-electron chi connectivity index (χ2n) is 9.23. The van der Waals surface area contributed by atoms with E-state index in [0.717, 1.165) is 11.1 Å². The molecule has 0 saturated carbocycles. The van der Waals surface area contributed by atoms with Gasteiger partial charge in [0.05, 0.1) is 23.9 Å². The third-order valence-electron chi connectivity index (χ3n) is 5.59. The molecular weight excluding hydrogens is 448 g/mol. The van der Waals surface area contributed by atoms with Crippen LogP contribution in [-0.4, -0.2) is 59.0 Å². The molecule has 0 radical (unpaired) electrons. The number of aliphatic hydroxyl groups excluding tert-OH is 1. The van der Waals surface area contributed by atoms with Crippen molar-refractivity contribution in [2.24, 2.45) is 5.10 Å². The Morgan fingerprint density at radius 3 is 2.51 bits per heavy atom. The number of nitrogens with one attached hydrogen (secondary N) is 2. The highest BCUT2D eigenvalue weighted by molar-refractivity contribution is 6.06. The molecule has 1 aliphatic heterocycles. The van der Waals surface area contributed by atoms with Crippen molar-refractivity contribution in [1.29, 1.82) is 0 Å². The Labute approximate surface area is 206 Å². The number of aryl methyl sites for hydroxylation is 1. The van der Waals surface area contributed by atoms with Gasteiger partial charge in [-0.25, -0.2) is 5.43 Å². The van der Waals surface area contributed by atoms with E-state index in [1.165, 1.54) is 0 Å². The van der Waals surface area contributed by atoms with Gasteiger partial charge in [0.15, 0.2) is 6.61 Å². The van der Waals surface area contributed by atoms with Crippen LogP contribution >= 0.6 is 0 Å². The fraction of sp³-hybridized carbons (Fsp3) is 0.423. The number of β-amino-alcohol motifs (C(OH)–C–C–N with tert-alkyl or cyclic N) is 1. The van der Waals surface area contributed by atoms with Crippen LogP contribution < -0.4 is 20.3 Å². The van der Waals surface area contributed by atoms with Crippen LogP contribution in [-0.2, 0) is 9.59 Å². The molecule has 0 spiro atoms. The van der Waals surface area contributed by atoms with Crippen LogP contribution in [0, 0.1) is 6.92 Å². The summed E-state index contributed by atoms with van der Waals surface area (Å²) in [5.74, 6) is 0.801. The fourth-order valence-corrected chi connectivity index (χ4v) is 3.52. The van der Waals surface area contributed by atoms with Gasteiger partial charge in [0.25, 0.3) is 5.91 Å². The summed E-state index contributed by atoms with van der Waals surface area (Å²) in [6.45, 7) is 7.86. The van der Waals surface area contributed by atoms with E-state index in [-0.39, 0.29) is 31.5 Å². The molecule has 9 heteroatoms. The number of hydrazone groups is 1. The van der Waals surface area contributed by atoms with Crippen LogP contribution in [0.1, 0.15) is 44.7 Å². The fourth-order valence-electron chi connectivity index (χ4n) is 3.52. The van der Waals surface area contributed by atoms with Crippen LogP contribution in [0.15, 0.2) is 53.6 Å². The molecule has 2 amide bonds. The van der Waals surface area contributed by atoms with Crippen molar-refractivity contribution in [3.05, 3.63) is 59.7 Å². The number of hydrogen-bond donors (Lipinski definition) is 3. The van der Waals surface area contributed by atoms with E-state index >= 15 is 0 Å². The number of aliphatic hydroxyl groups is 1. The number of rotatable bonds is 11. The highest BCUT2D eigenvalue weighted by Gasteiger charge is 2.31. The van der Waals surface area contributed by atoms with Crippen molar-refractivity contribution in [3.63, 3.8) is 0 Å². The molecule has 2 aromatic carbocycles. The van der Waals surface area contributed by atoms with Crippen LogP contribution in [0.2, 0.25) is 0 Å². The summed E-state index contributed by atoms with van der Waals surface area (Å²) in [6.07, 6.45) is 0.240. The molecule has 188 valence electrons. The SMILES string of the molecule is Cc1ccccc1ON(CC(C)O)C(C)(C)CNC(=O)COc1ccccc1C1=NNC(=O)CC1. The molecule has 35 heavy (non-hydrogen) atoms. The maximum Gasteiger partial charge on any atom is 0.258 e. The summed E-state index contributed by atoms with van der Waals surface area (Å²) >= 11 is 0. The van der Waals surface area contributed by atoms with E-state index in [1.807, 2.05) is 63.2 Å². The molecule has 0 fully saturated rings. The number of carbonyl (C=O) groups excluding carboxylic acids is 2. The van der Waals surface area contributed by atoms with E-state index < -0.39 is 11.6 Å². The molecule has 1 atom stereocenters. The highest BCUT2D eigenvalue weighted by Crippen LogP contribution is 2.24. The van der Waals surface area contributed by atoms with Gasteiger partial charge in [-0.1, -0.05) is 30.3 Å². The summed E-state index contributed by atoms with van der Waals surface area (Å²) < 4.78 is 5.79. The molecule has 0 aliphatic carbocycles. The maximum absolute atomic E-state index is 12.6. The molecule has 0 bridgehead atoms. The first-order valence-electron chi connectivity index (χ1n) is 11.7. The zero-order chi connectivity index (χ0) is 25.4. The minimum atomic E-state index is -0.624. The van der Waals surface area contributed by atoms with Gasteiger partial charge in [-0.15, -0.1) is 5.06 Å². The quantitative estimate of drug-likeness (QED) is 0.425. The predicted molar refractivity (Wildman–Crippen MR) is 133 cm³/mol. The average molecular weight is 483 g/mol. The first-order chi connectivity index (χ1) is 16.7. The Bertz CT molecular complexity index is 1070. The predicted octanol–water partition coefficient (Wildman–Crippen LogP) is 2.56. The lowest BCUT2D eigenvalue weighted by molar-refractivity contribution is -0.150. The summed E-state index contributed by atoms with van der Waals surface area (Å²) in [5.41, 5.74) is 4.29. The van der Waals surface area contributed by atoms with Crippen LogP contribution in [0.3, 0.4) is 0 Å². The third kappa shape index (κ3) is 7.53. The Morgan fingerprint density at radius 2 is 1.86 bits per heavy atom. The van der Waals surface area contributed by atoms with E-state index in [0.29, 0.717) is 30.1 Å². The molecule has 1 aliphatic rings. The molecule has 3 rings (SSSR count). The van der Waals surface area contributed by atoms with Gasteiger partial charge in [0.2, 0.25) is 5.91 Å². The first kappa shape index (κ1) is 26.2. The molecular formula is C26H34N4O5. The third-order valence-corrected chi connectivity index (χ3v) is 5.59. The summed E-state index contributed by atoms with van der Waals surface area (Å²) in [6, 6.07) is 14.9. The van der Waals surface area contributed by atoms with Crippen LogP contribution in [0.4, 0.5) is 0 Å². The summed E-state index contributed by atoms with van der Waals surface area (Å²) in [4.78, 5) is 30.1. The van der Waals surface area contributed by atoms with Crippen LogP contribution in [0.5, 0.6) is 11.5 Å². The van der Waals surface area contributed by atoms with Crippen molar-refractivity contribution in [1.82, 2.24) is 15.8 Å². The topological polar surface area (TPSA) is 112 Å². The van der Waals surface area contributed by atoms with Gasteiger partial charge < -0.3 is 20.0 Å². The molecule has 0 saturated heterocycles. The number of benzene rings is 2. The maximum atomic E-state index is 12.6. The lowest BCUT2D eigenvalue weighted by Gasteiger charge is -2.38. The largest absolute Gasteiger partial charge is 0.483 e. The van der Waals surface area contributed by atoms with E-state index in [2.05, 4.69) is 15.8 Å². The lowest BCUT2D eigenvalue weighted by Crippen LogP contribution is -2.55. The minimum Gasteiger partial charge on any atom is -0.483 e. The molecule has 2 aromatic rings. The van der Waals surface area contributed by atoms with Crippen molar-refractivity contribution in [2.75, 3.05) is 19.7 Å². The van der Waals surface area contributed by atoms with Crippen molar-refractivity contribution < 1.29 is 24.3 Å². The normalized spacial score (nSPS) is 14.7. The van der Waals surface area contributed by atoms with Crippen molar-refractivity contribution in [2.45, 2.75) is 52.2 Å². The molecule has 3 N–H and O–H groups in total. The zero-order valence-electron chi connectivity index (χ0n) is 20.7. The average Bonchev–Trinajstić information content (AvgIpc) is 2.83. The number of carbonyl (C=O) groups is 2. The number of nitrogens with zero attached hydrogens (tertiary/aromatic N) is 2. The number of ether oxygens (including phenoxy) is 1. The van der Waals surface area contributed by atoms with Crippen molar-refractivity contribution >= 4 is 17.5 Å². The van der Waals surface area contributed by atoms with Crippen LogP contribution in [0.25, 0.3) is 0 Å². The Kier molecular flexibility index (Phi) is 8.84. The standard InChI is InChI=1S/C26H34N4O5/c1-18-9-5-7-11-22(18)35-30(15-19(2)31)26(3,4)17-27-25(33)16-34-23-12-8-6-10-20(23)21-13-14-24(32)29-28-21/h5-12,19,31H,13-17H2,1-4H3,(H,27,33)(H,29,32). The molecule has 1 unspecified atom stereocenters. The smallest absolute Gasteiger partial charge is 0.258 e. The molecule has 9 nitrogen and oxygen atoms in total. The van der Waals surface area contributed by atoms with Gasteiger partial charge >= 0.3 is 0 Å². The highest BCUT2D eigenvalue weighted by atomic mass is 16.7. The number of para-hydroxylation sites is 2. The summed E-state index contributed by atoms with van der Waals surface area (Å²) in [7, 11) is 0. The van der Waals surface area contributed by atoms with E-state index in [1.54, 1.807) is 18.1 Å². The van der Waals surface area contributed by atoms with Gasteiger partial charge in [0, 0.05) is 24.9 Å². The van der Waals surface area contributed by atoms with Gasteiger partial charge in [-0.05, 0) is 51.5 Å². The molecule has 0 aromatic heterocycles. The van der Waals surface area contributed by atoms with Gasteiger partial charge in [0.1, 0.15) is 11.5 Å². The van der Waals surface area contributed by atoms with Crippen molar-refractivity contribution in [3.8, 4) is 11.5 Å². The van der Waals surface area contributed by atoms with Gasteiger partial charge in [-0.3, -0.25) is 9.59 Å². The second kappa shape index (κ2) is 11.8. The minimum absolute atomic E-state index is 0.120. The Morgan fingerprint density at radius 1 is 1.17 bits per heavy atom. The monoisotopic (exact) mass is 482 g/mol. The number of hydrogen-bond acceptors (Lipinski definition) is 7. The Hall–Kier alpha value is -3.43. The summed E-state index contributed by atoms with van der Waals surface area (Å²) in [5, 5.41) is 18.7. The zero-order valence-corrected chi connectivity index (χ0v) is 20.7. The number of amides is 2. The lowest BCUT2D eigenvalue weighted by atomic mass is 10.0. The second-order valence-corrected chi connectivity index (χ2v) is 9.23. The Balaban J connectivity index is 1.60. The number of hydroxylamine groups is 2.